The first kappa shape index (κ1) is 19.8. The lowest BCUT2D eigenvalue weighted by atomic mass is 10.2. The van der Waals surface area contributed by atoms with Crippen molar-refractivity contribution in [1.29, 1.82) is 0 Å². The minimum atomic E-state index is -0.548. The highest BCUT2D eigenvalue weighted by molar-refractivity contribution is 7.18. The number of nitrogens with one attached hydrogen (secondary N) is 2. The number of aromatic nitrogens is 2. The van der Waals surface area contributed by atoms with Crippen molar-refractivity contribution in [3.05, 3.63) is 69.4 Å². The molecule has 0 aliphatic heterocycles. The molecule has 0 aliphatic rings. The van der Waals surface area contributed by atoms with Crippen LogP contribution >= 0.6 is 22.7 Å². The third kappa shape index (κ3) is 3.95. The highest BCUT2D eigenvalue weighted by atomic mass is 32.1. The molecule has 2 amide bonds. The maximum atomic E-state index is 12.9. The molecule has 0 bridgehead atoms. The smallest absolute Gasteiger partial charge is 0.269 e. The second-order valence-electron chi connectivity index (χ2n) is 6.22. The Kier molecular flexibility index (Phi) is 5.59. The SMILES string of the molecule is COc1ccc(C(=O)NNC(=O)Cn2cnc3scc(-c4cccs4)c3c2=O)cc1. The predicted octanol–water partition coefficient (Wildman–Crippen LogP) is 2.66. The van der Waals surface area contributed by atoms with Crippen LogP contribution in [0.15, 0.2) is 58.3 Å². The molecular weight excluding hydrogens is 424 g/mol. The number of hydrogen-bond donors (Lipinski definition) is 2. The third-order valence-electron chi connectivity index (χ3n) is 4.33. The molecule has 0 spiro atoms. The molecule has 10 heteroatoms. The van der Waals surface area contributed by atoms with Gasteiger partial charge >= 0.3 is 0 Å². The lowest BCUT2D eigenvalue weighted by Crippen LogP contribution is -2.44. The van der Waals surface area contributed by atoms with Gasteiger partial charge in [0.1, 0.15) is 17.1 Å². The number of benzene rings is 1. The van der Waals surface area contributed by atoms with E-state index in [1.54, 1.807) is 24.3 Å². The number of hydrazine groups is 1. The van der Waals surface area contributed by atoms with Crippen molar-refractivity contribution in [2.75, 3.05) is 7.11 Å². The van der Waals surface area contributed by atoms with Gasteiger partial charge in [-0.15, -0.1) is 22.7 Å². The van der Waals surface area contributed by atoms with Gasteiger partial charge in [-0.2, -0.15) is 0 Å². The first-order valence-electron chi connectivity index (χ1n) is 8.80. The number of carbonyl (C=O) groups excluding carboxylic acids is 2. The van der Waals surface area contributed by atoms with Gasteiger partial charge in [-0.05, 0) is 35.7 Å². The molecule has 8 nitrogen and oxygen atoms in total. The van der Waals surface area contributed by atoms with Gasteiger partial charge in [0.25, 0.3) is 17.4 Å². The molecule has 3 aromatic heterocycles. The van der Waals surface area contributed by atoms with Crippen LogP contribution in [0.4, 0.5) is 0 Å². The molecule has 0 unspecified atom stereocenters. The van der Waals surface area contributed by atoms with Crippen LogP contribution < -0.4 is 21.1 Å². The van der Waals surface area contributed by atoms with E-state index in [1.807, 2.05) is 22.9 Å². The van der Waals surface area contributed by atoms with E-state index in [1.165, 1.54) is 40.7 Å². The van der Waals surface area contributed by atoms with Crippen LogP contribution in [-0.2, 0) is 11.3 Å². The highest BCUT2D eigenvalue weighted by Gasteiger charge is 2.15. The average molecular weight is 441 g/mol. The fourth-order valence-electron chi connectivity index (χ4n) is 2.83. The monoisotopic (exact) mass is 440 g/mol. The molecule has 3 heterocycles. The van der Waals surface area contributed by atoms with Gasteiger partial charge in [0.15, 0.2) is 0 Å². The van der Waals surface area contributed by atoms with Crippen LogP contribution in [0.3, 0.4) is 0 Å². The number of rotatable bonds is 5. The summed E-state index contributed by atoms with van der Waals surface area (Å²) in [4.78, 5) is 43.2. The van der Waals surface area contributed by atoms with Crippen molar-refractivity contribution < 1.29 is 14.3 Å². The first-order valence-corrected chi connectivity index (χ1v) is 10.6. The Labute approximate surface area is 178 Å². The first-order chi connectivity index (χ1) is 14.6. The zero-order valence-corrected chi connectivity index (χ0v) is 17.4. The standard InChI is InChI=1S/C20H16N4O4S2/c1-28-13-6-4-12(5-7-13)18(26)23-22-16(25)9-24-11-21-19-17(20(24)27)14(10-30-19)15-3-2-8-29-15/h2-8,10-11H,9H2,1H3,(H,22,25)(H,23,26). The molecule has 0 atom stereocenters. The summed E-state index contributed by atoms with van der Waals surface area (Å²) in [5, 5.41) is 4.32. The van der Waals surface area contributed by atoms with Crippen LogP contribution in [0.2, 0.25) is 0 Å². The van der Waals surface area contributed by atoms with Gasteiger partial charge < -0.3 is 4.74 Å². The van der Waals surface area contributed by atoms with Crippen LogP contribution in [0, 0.1) is 0 Å². The van der Waals surface area contributed by atoms with Gasteiger partial charge in [-0.3, -0.25) is 29.8 Å². The molecule has 2 N–H and O–H groups in total. The molecule has 1 aromatic carbocycles. The van der Waals surface area contributed by atoms with E-state index in [2.05, 4.69) is 15.8 Å². The Morgan fingerprint density at radius 2 is 1.93 bits per heavy atom. The lowest BCUT2D eigenvalue weighted by Gasteiger charge is -2.09. The van der Waals surface area contributed by atoms with Crippen LogP contribution in [-0.4, -0.2) is 28.5 Å². The summed E-state index contributed by atoms with van der Waals surface area (Å²) in [6.45, 7) is -0.273. The summed E-state index contributed by atoms with van der Waals surface area (Å²) in [6.07, 6.45) is 1.34. The number of thiophene rings is 2. The normalized spacial score (nSPS) is 10.7. The fraction of sp³-hybridized carbons (Fsp3) is 0.100. The maximum Gasteiger partial charge on any atom is 0.269 e. The van der Waals surface area contributed by atoms with E-state index in [0.29, 0.717) is 21.5 Å². The lowest BCUT2D eigenvalue weighted by molar-refractivity contribution is -0.122. The Morgan fingerprint density at radius 3 is 2.63 bits per heavy atom. The van der Waals surface area contributed by atoms with Crippen molar-refractivity contribution in [2.24, 2.45) is 0 Å². The molecule has 152 valence electrons. The summed E-state index contributed by atoms with van der Waals surface area (Å²) in [7, 11) is 1.53. The van der Waals surface area contributed by atoms with E-state index in [-0.39, 0.29) is 12.1 Å². The van der Waals surface area contributed by atoms with E-state index < -0.39 is 11.8 Å². The van der Waals surface area contributed by atoms with Gasteiger partial charge in [-0.1, -0.05) is 6.07 Å². The van der Waals surface area contributed by atoms with Crippen molar-refractivity contribution in [3.63, 3.8) is 0 Å². The average Bonchev–Trinajstić information content (AvgIpc) is 3.44. The van der Waals surface area contributed by atoms with Crippen molar-refractivity contribution >= 4 is 44.7 Å². The minimum Gasteiger partial charge on any atom is -0.497 e. The molecule has 0 aliphatic carbocycles. The molecule has 4 aromatic rings. The third-order valence-corrected chi connectivity index (χ3v) is 6.12. The van der Waals surface area contributed by atoms with Crippen LogP contribution in [0.25, 0.3) is 20.7 Å². The Balaban J connectivity index is 1.46. The molecule has 0 saturated heterocycles. The van der Waals surface area contributed by atoms with Crippen LogP contribution in [0.5, 0.6) is 5.75 Å². The number of amides is 2. The van der Waals surface area contributed by atoms with Gasteiger partial charge in [0, 0.05) is 21.4 Å². The maximum absolute atomic E-state index is 12.9. The van der Waals surface area contributed by atoms with Gasteiger partial charge in [0.2, 0.25) is 0 Å². The predicted molar refractivity (Wildman–Crippen MR) is 116 cm³/mol. The van der Waals surface area contributed by atoms with Crippen LogP contribution in [0.1, 0.15) is 10.4 Å². The number of fused-ring (bicyclic) bond motifs is 1. The van der Waals surface area contributed by atoms with Crippen molar-refractivity contribution in [3.8, 4) is 16.2 Å². The molecular formula is C20H16N4O4S2. The molecule has 0 radical (unpaired) electrons. The Hall–Kier alpha value is -3.50. The van der Waals surface area contributed by atoms with E-state index in [4.69, 9.17) is 4.74 Å². The van der Waals surface area contributed by atoms with Crippen molar-refractivity contribution in [1.82, 2.24) is 20.4 Å². The summed E-state index contributed by atoms with van der Waals surface area (Å²) in [5.41, 5.74) is 5.51. The number of methoxy groups -OCH3 is 1. The second-order valence-corrected chi connectivity index (χ2v) is 8.02. The topological polar surface area (TPSA) is 102 Å². The molecule has 0 fully saturated rings. The highest BCUT2D eigenvalue weighted by Crippen LogP contribution is 2.33. The summed E-state index contributed by atoms with van der Waals surface area (Å²) >= 11 is 2.92. The number of nitrogens with zero attached hydrogens (tertiary/aromatic N) is 2. The Bertz CT molecular complexity index is 1260. The van der Waals surface area contributed by atoms with Gasteiger partial charge in [0.05, 0.1) is 18.8 Å². The summed E-state index contributed by atoms with van der Waals surface area (Å²) in [6, 6.07) is 10.3. The number of ether oxygens (including phenoxy) is 1. The number of carbonyl (C=O) groups is 2. The van der Waals surface area contributed by atoms with E-state index in [9.17, 15) is 14.4 Å². The van der Waals surface area contributed by atoms with Gasteiger partial charge in [-0.25, -0.2) is 4.98 Å². The van der Waals surface area contributed by atoms with E-state index >= 15 is 0 Å². The zero-order valence-electron chi connectivity index (χ0n) is 15.7. The molecule has 4 rings (SSSR count). The molecule has 30 heavy (non-hydrogen) atoms. The minimum absolute atomic E-state index is 0.273. The van der Waals surface area contributed by atoms with Crippen molar-refractivity contribution in [2.45, 2.75) is 6.54 Å². The molecule has 0 saturated carbocycles. The summed E-state index contributed by atoms with van der Waals surface area (Å²) < 4.78 is 6.27. The fourth-order valence-corrected chi connectivity index (χ4v) is 4.55. The summed E-state index contributed by atoms with van der Waals surface area (Å²) in [5.74, 6) is -0.411. The Morgan fingerprint density at radius 1 is 1.13 bits per heavy atom. The zero-order chi connectivity index (χ0) is 21.1. The quantitative estimate of drug-likeness (QED) is 0.465. The largest absolute Gasteiger partial charge is 0.497 e. The van der Waals surface area contributed by atoms with E-state index in [0.717, 1.165) is 10.4 Å². The second kappa shape index (κ2) is 8.47. The number of hydrogen-bond acceptors (Lipinski definition) is 7.